The average Bonchev–Trinajstić information content (AvgIpc) is 3.34. The van der Waals surface area contributed by atoms with Gasteiger partial charge in [-0.25, -0.2) is 9.07 Å². The lowest BCUT2D eigenvalue weighted by Gasteiger charge is -2.26. The first-order valence-corrected chi connectivity index (χ1v) is 12.5. The molecule has 190 valence electrons. The Labute approximate surface area is 216 Å². The van der Waals surface area contributed by atoms with Crippen molar-refractivity contribution < 1.29 is 14.0 Å². The monoisotopic (exact) mass is 498 g/mol. The van der Waals surface area contributed by atoms with Crippen LogP contribution in [0, 0.1) is 5.82 Å². The Kier molecular flexibility index (Phi) is 8.46. The zero-order valence-corrected chi connectivity index (χ0v) is 21.1. The highest BCUT2D eigenvalue weighted by molar-refractivity contribution is 5.95. The molecule has 1 aromatic heterocycles. The molecule has 0 aliphatic heterocycles. The molecule has 0 bridgehead atoms. The van der Waals surface area contributed by atoms with Crippen molar-refractivity contribution >= 4 is 17.6 Å². The third kappa shape index (κ3) is 6.30. The zero-order valence-electron chi connectivity index (χ0n) is 21.1. The molecule has 1 atom stereocenters. The number of nitrogens with one attached hydrogen (secondary N) is 1. The number of hydrogen-bond acceptors (Lipinski definition) is 3. The van der Waals surface area contributed by atoms with Crippen LogP contribution in [0.3, 0.4) is 0 Å². The van der Waals surface area contributed by atoms with Crippen molar-refractivity contribution in [2.45, 2.75) is 32.6 Å². The minimum absolute atomic E-state index is 0.0669. The van der Waals surface area contributed by atoms with Crippen molar-refractivity contribution in [3.05, 3.63) is 102 Å². The second-order valence-corrected chi connectivity index (χ2v) is 8.85. The highest BCUT2D eigenvalue weighted by Crippen LogP contribution is 2.26. The molecule has 0 spiro atoms. The van der Waals surface area contributed by atoms with Crippen LogP contribution in [0.5, 0.6) is 0 Å². The Morgan fingerprint density at radius 2 is 1.59 bits per heavy atom. The highest BCUT2D eigenvalue weighted by Gasteiger charge is 2.26. The number of halogens is 1. The summed E-state index contributed by atoms with van der Waals surface area (Å²) in [5, 5.41) is 7.59. The van der Waals surface area contributed by atoms with Crippen molar-refractivity contribution in [3.8, 4) is 16.9 Å². The summed E-state index contributed by atoms with van der Waals surface area (Å²) in [4.78, 5) is 28.3. The number of aromatic nitrogens is 2. The second kappa shape index (κ2) is 12.1. The number of hydrogen-bond donors (Lipinski definition) is 1. The predicted molar refractivity (Wildman–Crippen MR) is 144 cm³/mol. The summed E-state index contributed by atoms with van der Waals surface area (Å²) in [6.45, 7) is 4.36. The largest absolute Gasteiger partial charge is 0.333 e. The fraction of sp³-hybridized carbons (Fsp3) is 0.233. The third-order valence-corrected chi connectivity index (χ3v) is 6.17. The van der Waals surface area contributed by atoms with E-state index >= 15 is 0 Å². The molecule has 0 saturated heterocycles. The normalized spacial score (nSPS) is 11.6. The van der Waals surface area contributed by atoms with Gasteiger partial charge in [0.2, 0.25) is 11.8 Å². The maximum Gasteiger partial charge on any atom is 0.245 e. The predicted octanol–water partition coefficient (Wildman–Crippen LogP) is 6.05. The van der Waals surface area contributed by atoms with E-state index in [-0.39, 0.29) is 30.1 Å². The fourth-order valence-corrected chi connectivity index (χ4v) is 4.35. The Balaban J connectivity index is 1.58. The molecule has 0 aliphatic rings. The number of benzene rings is 3. The standard InChI is InChI=1S/C30H31FN4O2/c1-3-19-34(30(37)26(4-2)22-11-7-5-8-12-22)21-29(36)32-28-20-27(23-13-9-6-10-14-23)33-35(28)25-17-15-24(31)16-18-25/h5-18,20,26H,3-4,19,21H2,1-2H3,(H,32,36)/t26-/m0/s1. The van der Waals surface area contributed by atoms with Gasteiger partial charge in [0.05, 0.1) is 23.8 Å². The van der Waals surface area contributed by atoms with Gasteiger partial charge in [0.25, 0.3) is 0 Å². The molecule has 0 unspecified atom stereocenters. The Morgan fingerprint density at radius 1 is 0.946 bits per heavy atom. The van der Waals surface area contributed by atoms with Crippen molar-refractivity contribution in [3.63, 3.8) is 0 Å². The van der Waals surface area contributed by atoms with E-state index in [1.54, 1.807) is 27.8 Å². The third-order valence-electron chi connectivity index (χ3n) is 6.17. The van der Waals surface area contributed by atoms with E-state index < -0.39 is 0 Å². The van der Waals surface area contributed by atoms with Gasteiger partial charge in [0.1, 0.15) is 11.6 Å². The van der Waals surface area contributed by atoms with Crippen molar-refractivity contribution in [1.29, 1.82) is 0 Å². The highest BCUT2D eigenvalue weighted by atomic mass is 19.1. The molecule has 0 fully saturated rings. The molecular weight excluding hydrogens is 467 g/mol. The topological polar surface area (TPSA) is 67.2 Å². The van der Waals surface area contributed by atoms with Gasteiger partial charge in [-0.15, -0.1) is 0 Å². The number of carbonyl (C=O) groups excluding carboxylic acids is 2. The maximum atomic E-state index is 13.6. The van der Waals surface area contributed by atoms with E-state index in [0.717, 1.165) is 17.5 Å². The van der Waals surface area contributed by atoms with Gasteiger partial charge in [-0.2, -0.15) is 5.10 Å². The first-order chi connectivity index (χ1) is 18.0. The molecule has 4 aromatic rings. The van der Waals surface area contributed by atoms with Gasteiger partial charge >= 0.3 is 0 Å². The van der Waals surface area contributed by atoms with Crippen LogP contribution >= 0.6 is 0 Å². The summed E-state index contributed by atoms with van der Waals surface area (Å²) >= 11 is 0. The van der Waals surface area contributed by atoms with E-state index in [1.807, 2.05) is 74.5 Å². The molecule has 3 aromatic carbocycles. The zero-order chi connectivity index (χ0) is 26.2. The maximum absolute atomic E-state index is 13.6. The van der Waals surface area contributed by atoms with Gasteiger partial charge in [0.15, 0.2) is 0 Å². The lowest BCUT2D eigenvalue weighted by Crippen LogP contribution is -2.41. The summed E-state index contributed by atoms with van der Waals surface area (Å²) < 4.78 is 15.1. The van der Waals surface area contributed by atoms with E-state index in [4.69, 9.17) is 0 Å². The SMILES string of the molecule is CCCN(CC(=O)Nc1cc(-c2ccccc2)nn1-c1ccc(F)cc1)C(=O)[C@@H](CC)c1ccccc1. The quantitative estimate of drug-likeness (QED) is 0.289. The molecule has 1 heterocycles. The molecule has 0 radical (unpaired) electrons. The summed E-state index contributed by atoms with van der Waals surface area (Å²) in [5.74, 6) is -0.623. The second-order valence-electron chi connectivity index (χ2n) is 8.85. The Bertz CT molecular complexity index is 1320. The van der Waals surface area contributed by atoms with Crippen molar-refractivity contribution in [2.24, 2.45) is 0 Å². The summed E-state index contributed by atoms with van der Waals surface area (Å²) in [6, 6.07) is 26.9. The molecule has 0 aliphatic carbocycles. The number of rotatable bonds is 10. The van der Waals surface area contributed by atoms with E-state index in [2.05, 4.69) is 10.4 Å². The number of nitrogens with zero attached hydrogens (tertiary/aromatic N) is 3. The minimum atomic E-state index is -0.359. The lowest BCUT2D eigenvalue weighted by atomic mass is 9.95. The van der Waals surface area contributed by atoms with Crippen LogP contribution in [-0.2, 0) is 9.59 Å². The number of amides is 2. The van der Waals surface area contributed by atoms with Crippen LogP contribution in [0.2, 0.25) is 0 Å². The van der Waals surface area contributed by atoms with Gasteiger partial charge in [0, 0.05) is 18.2 Å². The van der Waals surface area contributed by atoms with Gasteiger partial charge in [-0.05, 0) is 42.7 Å². The van der Waals surface area contributed by atoms with Crippen LogP contribution in [-0.4, -0.2) is 39.6 Å². The van der Waals surface area contributed by atoms with E-state index in [0.29, 0.717) is 30.2 Å². The molecule has 4 rings (SSSR count). The van der Waals surface area contributed by atoms with E-state index in [1.165, 1.54) is 12.1 Å². The summed E-state index contributed by atoms with van der Waals surface area (Å²) in [5.41, 5.74) is 3.10. The van der Waals surface area contributed by atoms with Crippen LogP contribution in [0.1, 0.15) is 38.2 Å². The van der Waals surface area contributed by atoms with Gasteiger partial charge in [-0.3, -0.25) is 9.59 Å². The molecule has 7 heteroatoms. The fourth-order valence-electron chi connectivity index (χ4n) is 4.35. The van der Waals surface area contributed by atoms with Crippen molar-refractivity contribution in [1.82, 2.24) is 14.7 Å². The minimum Gasteiger partial charge on any atom is -0.333 e. The summed E-state index contributed by atoms with van der Waals surface area (Å²) in [6.07, 6.45) is 1.37. The number of anilines is 1. The molecule has 37 heavy (non-hydrogen) atoms. The molecule has 6 nitrogen and oxygen atoms in total. The van der Waals surface area contributed by atoms with Crippen LogP contribution in [0.4, 0.5) is 10.2 Å². The molecule has 2 amide bonds. The number of carbonyl (C=O) groups is 2. The molecule has 0 saturated carbocycles. The molecule has 1 N–H and O–H groups in total. The lowest BCUT2D eigenvalue weighted by molar-refractivity contribution is -0.136. The van der Waals surface area contributed by atoms with Crippen LogP contribution < -0.4 is 5.32 Å². The Hall–Kier alpha value is -4.26. The average molecular weight is 499 g/mol. The Morgan fingerprint density at radius 3 is 2.22 bits per heavy atom. The van der Waals surface area contributed by atoms with Crippen LogP contribution in [0.15, 0.2) is 91.0 Å². The van der Waals surface area contributed by atoms with Crippen LogP contribution in [0.25, 0.3) is 16.9 Å². The first-order valence-electron chi connectivity index (χ1n) is 12.5. The first kappa shape index (κ1) is 25.8. The smallest absolute Gasteiger partial charge is 0.245 e. The molecular formula is C30H31FN4O2. The van der Waals surface area contributed by atoms with Crippen molar-refractivity contribution in [2.75, 3.05) is 18.4 Å². The van der Waals surface area contributed by atoms with Gasteiger partial charge in [-0.1, -0.05) is 74.5 Å². The summed E-state index contributed by atoms with van der Waals surface area (Å²) in [7, 11) is 0. The van der Waals surface area contributed by atoms with E-state index in [9.17, 15) is 14.0 Å². The van der Waals surface area contributed by atoms with Gasteiger partial charge < -0.3 is 10.2 Å².